The summed E-state index contributed by atoms with van der Waals surface area (Å²) in [4.78, 5) is 23.1. The normalized spacial score (nSPS) is 13.7. The van der Waals surface area contributed by atoms with Crippen LogP contribution in [0.15, 0.2) is 48.7 Å². The molecule has 0 amide bonds. The number of anilines is 4. The largest absolute Gasteiger partial charge is 0.476 e. The monoisotopic (exact) mass is 554 g/mol. The number of rotatable bonds is 8. The lowest BCUT2D eigenvalue weighted by molar-refractivity contribution is 0.0691. The number of aromatic nitrogens is 6. The van der Waals surface area contributed by atoms with E-state index in [-0.39, 0.29) is 5.69 Å². The van der Waals surface area contributed by atoms with Gasteiger partial charge in [-0.1, -0.05) is 36.3 Å². The fourth-order valence-electron chi connectivity index (χ4n) is 5.25. The molecular formula is C29H30N8O2S. The number of carboxylic acid groups (broad SMARTS) is 1. The lowest BCUT2D eigenvalue weighted by Gasteiger charge is -2.19. The summed E-state index contributed by atoms with van der Waals surface area (Å²) in [5.74, 6) is 1.15. The van der Waals surface area contributed by atoms with Gasteiger partial charge >= 0.3 is 5.97 Å². The van der Waals surface area contributed by atoms with E-state index in [0.717, 1.165) is 38.7 Å². The zero-order valence-corrected chi connectivity index (χ0v) is 23.4. The molecule has 0 aliphatic heterocycles. The van der Waals surface area contributed by atoms with Crippen molar-refractivity contribution in [3.63, 3.8) is 0 Å². The van der Waals surface area contributed by atoms with E-state index < -0.39 is 5.97 Å². The van der Waals surface area contributed by atoms with Gasteiger partial charge in [0.05, 0.1) is 16.4 Å². The smallest absolute Gasteiger partial charge is 0.355 e. The third-order valence-electron chi connectivity index (χ3n) is 7.56. The lowest BCUT2D eigenvalue weighted by atomic mass is 10.0. The highest BCUT2D eigenvalue weighted by atomic mass is 32.1. The first-order valence-corrected chi connectivity index (χ1v) is 14.2. The number of carbonyl (C=O) groups is 1. The molecular weight excluding hydrogens is 524 g/mol. The van der Waals surface area contributed by atoms with Gasteiger partial charge in [-0.3, -0.25) is 4.68 Å². The minimum absolute atomic E-state index is 0.0216. The Morgan fingerprint density at radius 1 is 1.07 bits per heavy atom. The second-order valence-corrected chi connectivity index (χ2v) is 11.3. The van der Waals surface area contributed by atoms with Crippen molar-refractivity contribution in [2.24, 2.45) is 5.92 Å². The number of thiazole rings is 1. The summed E-state index contributed by atoms with van der Waals surface area (Å²) in [6, 6.07) is 13.4. The van der Waals surface area contributed by atoms with Gasteiger partial charge in [-0.25, -0.2) is 14.8 Å². The van der Waals surface area contributed by atoms with E-state index in [0.29, 0.717) is 28.9 Å². The number of fused-ring (bicyclic) bond motifs is 1. The molecule has 0 radical (unpaired) electrons. The fraction of sp³-hybridized carbons (Fsp3) is 0.310. The predicted octanol–water partition coefficient (Wildman–Crippen LogP) is 6.36. The number of carboxylic acids is 1. The van der Waals surface area contributed by atoms with Crippen molar-refractivity contribution in [2.75, 3.05) is 17.3 Å². The van der Waals surface area contributed by atoms with Gasteiger partial charge in [-0.2, -0.15) is 5.10 Å². The molecule has 6 rings (SSSR count). The van der Waals surface area contributed by atoms with Crippen molar-refractivity contribution in [3.05, 3.63) is 65.6 Å². The number of nitrogens with one attached hydrogen (secondary N) is 1. The highest BCUT2D eigenvalue weighted by Gasteiger charge is 2.22. The van der Waals surface area contributed by atoms with Gasteiger partial charge in [-0.15, -0.1) is 10.2 Å². The summed E-state index contributed by atoms with van der Waals surface area (Å²) >= 11 is 1.55. The van der Waals surface area contributed by atoms with Gasteiger partial charge in [0, 0.05) is 30.4 Å². The number of aryl methyl sites for hydroxylation is 1. The Balaban J connectivity index is 1.24. The maximum Gasteiger partial charge on any atom is 0.355 e. The summed E-state index contributed by atoms with van der Waals surface area (Å²) < 4.78 is 3.09. The fourth-order valence-corrected chi connectivity index (χ4v) is 6.12. The van der Waals surface area contributed by atoms with Crippen LogP contribution in [0, 0.1) is 19.8 Å². The van der Waals surface area contributed by atoms with Gasteiger partial charge in [0.1, 0.15) is 5.82 Å². The standard InChI is InChI=1S/C29H30N8O2S/c1-17-14-25(34-35-27(17)33-29-31-22-10-6-7-11-23(22)40-29)36(3)24-13-12-20(26(32-24)28(38)39)21-15-30-37(18(21)2)16-19-8-4-5-9-19/h6-7,10-15,19H,4-5,8-9,16H2,1-3H3,(H,38,39)(H,31,33,35). The highest BCUT2D eigenvalue weighted by Crippen LogP contribution is 2.33. The average molecular weight is 555 g/mol. The first kappa shape index (κ1) is 25.9. The molecule has 5 aromatic rings. The van der Waals surface area contributed by atoms with Gasteiger partial charge in [0.15, 0.2) is 22.5 Å². The van der Waals surface area contributed by atoms with E-state index in [1.165, 1.54) is 25.7 Å². The molecule has 1 aliphatic rings. The minimum atomic E-state index is -1.09. The van der Waals surface area contributed by atoms with Crippen LogP contribution in [0.2, 0.25) is 0 Å². The summed E-state index contributed by atoms with van der Waals surface area (Å²) in [6.07, 6.45) is 6.74. The number of aromatic carboxylic acids is 1. The van der Waals surface area contributed by atoms with Crippen molar-refractivity contribution < 1.29 is 9.90 Å². The Bertz CT molecular complexity index is 1670. The third-order valence-corrected chi connectivity index (χ3v) is 8.51. The molecule has 1 fully saturated rings. The first-order valence-electron chi connectivity index (χ1n) is 13.3. The van der Waals surface area contributed by atoms with Crippen LogP contribution in [0.4, 0.5) is 22.6 Å². The number of hydrogen-bond donors (Lipinski definition) is 2. The van der Waals surface area contributed by atoms with Crippen molar-refractivity contribution in [2.45, 2.75) is 46.1 Å². The molecule has 1 aliphatic carbocycles. The molecule has 4 aromatic heterocycles. The Kier molecular flexibility index (Phi) is 6.89. The first-order chi connectivity index (χ1) is 19.4. The van der Waals surface area contributed by atoms with E-state index in [4.69, 9.17) is 0 Å². The molecule has 4 heterocycles. The van der Waals surface area contributed by atoms with Gasteiger partial charge < -0.3 is 15.3 Å². The van der Waals surface area contributed by atoms with Crippen molar-refractivity contribution in [3.8, 4) is 11.1 Å². The Morgan fingerprint density at radius 3 is 2.62 bits per heavy atom. The van der Waals surface area contributed by atoms with Crippen molar-refractivity contribution >= 4 is 50.1 Å². The summed E-state index contributed by atoms with van der Waals surface area (Å²) in [5, 5.41) is 27.4. The van der Waals surface area contributed by atoms with Gasteiger partial charge in [0.25, 0.3) is 0 Å². The zero-order chi connectivity index (χ0) is 27.8. The molecule has 0 saturated heterocycles. The van der Waals surface area contributed by atoms with Crippen LogP contribution in [0.3, 0.4) is 0 Å². The SMILES string of the molecule is Cc1cc(N(C)c2ccc(-c3cnn(CC4CCCC4)c3C)c(C(=O)O)n2)nnc1Nc1nc2ccccc2s1. The number of nitrogens with zero attached hydrogens (tertiary/aromatic N) is 7. The summed E-state index contributed by atoms with van der Waals surface area (Å²) in [6.45, 7) is 4.79. The Morgan fingerprint density at radius 2 is 1.88 bits per heavy atom. The molecule has 1 saturated carbocycles. The predicted molar refractivity (Wildman–Crippen MR) is 157 cm³/mol. The third kappa shape index (κ3) is 5.00. The van der Waals surface area contributed by atoms with Crippen LogP contribution in [0.5, 0.6) is 0 Å². The molecule has 10 nitrogen and oxygen atoms in total. The van der Waals surface area contributed by atoms with E-state index >= 15 is 0 Å². The average Bonchev–Trinajstić information content (AvgIpc) is 3.70. The van der Waals surface area contributed by atoms with Crippen molar-refractivity contribution in [1.82, 2.24) is 29.9 Å². The van der Waals surface area contributed by atoms with Crippen LogP contribution in [-0.4, -0.2) is 48.1 Å². The molecule has 11 heteroatoms. The van der Waals surface area contributed by atoms with E-state index in [1.54, 1.807) is 41.6 Å². The van der Waals surface area contributed by atoms with Crippen LogP contribution >= 0.6 is 11.3 Å². The summed E-state index contributed by atoms with van der Waals surface area (Å²) in [7, 11) is 1.79. The number of benzene rings is 1. The number of hydrogen-bond acceptors (Lipinski definition) is 9. The molecule has 1 aromatic carbocycles. The highest BCUT2D eigenvalue weighted by molar-refractivity contribution is 7.22. The van der Waals surface area contributed by atoms with Crippen LogP contribution < -0.4 is 10.2 Å². The summed E-state index contributed by atoms with van der Waals surface area (Å²) in [5.41, 5.74) is 4.07. The molecule has 204 valence electrons. The lowest BCUT2D eigenvalue weighted by Crippen LogP contribution is -2.16. The molecule has 40 heavy (non-hydrogen) atoms. The Hall–Kier alpha value is -4.38. The molecule has 2 N–H and O–H groups in total. The van der Waals surface area contributed by atoms with Crippen LogP contribution in [-0.2, 0) is 6.54 Å². The van der Waals surface area contributed by atoms with E-state index in [1.807, 2.05) is 48.9 Å². The number of para-hydroxylation sites is 1. The molecule has 0 bridgehead atoms. The maximum atomic E-state index is 12.3. The topological polar surface area (TPSA) is 122 Å². The van der Waals surface area contributed by atoms with Gasteiger partial charge in [0.2, 0.25) is 0 Å². The van der Waals surface area contributed by atoms with Gasteiger partial charge in [-0.05, 0) is 68.5 Å². The zero-order valence-electron chi connectivity index (χ0n) is 22.6. The Labute approximate surface area is 235 Å². The van der Waals surface area contributed by atoms with Crippen molar-refractivity contribution in [1.29, 1.82) is 0 Å². The second-order valence-electron chi connectivity index (χ2n) is 10.3. The second kappa shape index (κ2) is 10.6. The maximum absolute atomic E-state index is 12.3. The van der Waals surface area contributed by atoms with Crippen LogP contribution in [0.25, 0.3) is 21.3 Å². The number of pyridine rings is 1. The van der Waals surface area contributed by atoms with E-state index in [2.05, 4.69) is 30.6 Å². The van der Waals surface area contributed by atoms with Crippen LogP contribution in [0.1, 0.15) is 47.4 Å². The minimum Gasteiger partial charge on any atom is -0.476 e. The molecule has 0 atom stereocenters. The molecule has 0 unspecified atom stereocenters. The molecule has 0 spiro atoms. The van der Waals surface area contributed by atoms with E-state index in [9.17, 15) is 9.90 Å². The quantitative estimate of drug-likeness (QED) is 0.225.